The van der Waals surface area contributed by atoms with Crippen LogP contribution in [-0.4, -0.2) is 28.0 Å². The van der Waals surface area contributed by atoms with Crippen LogP contribution >= 0.6 is 11.3 Å². The molecule has 7 nitrogen and oxygen atoms in total. The topological polar surface area (TPSA) is 108 Å². The number of carboxylic acid groups (broad SMARTS) is 1. The van der Waals surface area contributed by atoms with E-state index in [0.29, 0.717) is 6.08 Å². The van der Waals surface area contributed by atoms with Gasteiger partial charge in [0.1, 0.15) is 0 Å². The number of rotatable bonds is 4. The van der Waals surface area contributed by atoms with E-state index in [1.54, 1.807) is 6.20 Å². The van der Waals surface area contributed by atoms with Gasteiger partial charge < -0.3 is 10.4 Å². The Balaban J connectivity index is 2.33. The van der Waals surface area contributed by atoms with Crippen LogP contribution in [0.25, 0.3) is 0 Å². The van der Waals surface area contributed by atoms with Crippen molar-refractivity contribution in [1.29, 1.82) is 0 Å². The van der Waals surface area contributed by atoms with Gasteiger partial charge in [-0.3, -0.25) is 10.1 Å². The summed E-state index contributed by atoms with van der Waals surface area (Å²) in [4.78, 5) is 37.3. The first-order valence-corrected chi connectivity index (χ1v) is 5.70. The fraction of sp³-hybridized carbons (Fsp3) is 0.200. The Kier molecular flexibility index (Phi) is 5.00. The Morgan fingerprint density at radius 3 is 2.72 bits per heavy atom. The Labute approximate surface area is 107 Å². The molecular weight excluding hydrogens is 258 g/mol. The summed E-state index contributed by atoms with van der Waals surface area (Å²) in [5.41, 5.74) is 0. The van der Waals surface area contributed by atoms with Crippen molar-refractivity contribution in [3.63, 3.8) is 0 Å². The third-order valence-corrected chi connectivity index (χ3v) is 2.62. The molecule has 3 amide bonds. The third-order valence-electron chi connectivity index (χ3n) is 1.71. The minimum absolute atomic E-state index is 0.257. The molecule has 3 N–H and O–H groups in total. The molecule has 0 atom stereocenters. The lowest BCUT2D eigenvalue weighted by Crippen LogP contribution is -2.38. The van der Waals surface area contributed by atoms with Crippen LogP contribution in [0.4, 0.5) is 4.79 Å². The van der Waals surface area contributed by atoms with E-state index in [4.69, 9.17) is 5.11 Å². The zero-order valence-electron chi connectivity index (χ0n) is 9.47. The van der Waals surface area contributed by atoms with Crippen molar-refractivity contribution in [3.05, 3.63) is 28.2 Å². The van der Waals surface area contributed by atoms with Crippen LogP contribution in [0.3, 0.4) is 0 Å². The number of carbonyl (C=O) groups excluding carboxylic acids is 2. The highest BCUT2D eigenvalue weighted by Gasteiger charge is 2.05. The Hall–Kier alpha value is -2.22. The summed E-state index contributed by atoms with van der Waals surface area (Å²) in [6.45, 7) is 2.10. The molecule has 1 heterocycles. The second-order valence-electron chi connectivity index (χ2n) is 3.19. The largest absolute Gasteiger partial charge is 0.478 e. The number of nitrogens with one attached hydrogen (secondary N) is 2. The van der Waals surface area contributed by atoms with Crippen molar-refractivity contribution < 1.29 is 19.5 Å². The Morgan fingerprint density at radius 1 is 1.44 bits per heavy atom. The number of nitrogens with zero attached hydrogens (tertiary/aromatic N) is 1. The lowest BCUT2D eigenvalue weighted by molar-refractivity contribution is -0.131. The number of urea groups is 1. The van der Waals surface area contributed by atoms with Gasteiger partial charge in [-0.1, -0.05) is 0 Å². The fourth-order valence-electron chi connectivity index (χ4n) is 0.999. The van der Waals surface area contributed by atoms with E-state index in [-0.39, 0.29) is 6.54 Å². The van der Waals surface area contributed by atoms with Crippen molar-refractivity contribution in [2.75, 3.05) is 0 Å². The van der Waals surface area contributed by atoms with E-state index >= 15 is 0 Å². The van der Waals surface area contributed by atoms with Crippen LogP contribution < -0.4 is 10.6 Å². The van der Waals surface area contributed by atoms with Crippen LogP contribution in [0.1, 0.15) is 9.88 Å². The molecule has 18 heavy (non-hydrogen) atoms. The Bertz CT molecular complexity index is 495. The van der Waals surface area contributed by atoms with Crippen molar-refractivity contribution in [2.24, 2.45) is 0 Å². The predicted octanol–water partition coefficient (Wildman–Crippen LogP) is 0.418. The summed E-state index contributed by atoms with van der Waals surface area (Å²) in [6, 6.07) is -0.693. The highest BCUT2D eigenvalue weighted by Crippen LogP contribution is 2.10. The average molecular weight is 269 g/mol. The SMILES string of the molecule is Cc1ncc(CNC(=O)NC(=O)C=CC(=O)O)s1. The van der Waals surface area contributed by atoms with E-state index in [9.17, 15) is 14.4 Å². The molecule has 1 aromatic rings. The molecule has 0 bridgehead atoms. The summed E-state index contributed by atoms with van der Waals surface area (Å²) >= 11 is 1.43. The lowest BCUT2D eigenvalue weighted by Gasteiger charge is -2.02. The number of imide groups is 1. The predicted molar refractivity (Wildman–Crippen MR) is 64.0 cm³/mol. The monoisotopic (exact) mass is 269 g/mol. The second kappa shape index (κ2) is 6.50. The van der Waals surface area contributed by atoms with Gasteiger partial charge in [0.2, 0.25) is 0 Å². The number of aromatic nitrogens is 1. The minimum Gasteiger partial charge on any atom is -0.478 e. The third kappa shape index (κ3) is 5.21. The van der Waals surface area contributed by atoms with Crippen molar-refractivity contribution in [1.82, 2.24) is 15.6 Å². The second-order valence-corrected chi connectivity index (χ2v) is 4.51. The standard InChI is InChI=1S/C10H11N3O4S/c1-6-11-4-7(18-6)5-12-10(17)13-8(14)2-3-9(15)16/h2-4H,5H2,1H3,(H,15,16)(H2,12,13,14,17). The van der Waals surface area contributed by atoms with E-state index in [0.717, 1.165) is 16.0 Å². The van der Waals surface area contributed by atoms with Crippen LogP contribution in [0.15, 0.2) is 18.3 Å². The molecule has 0 spiro atoms. The summed E-state index contributed by atoms with van der Waals surface area (Å²) in [5.74, 6) is -2.05. The zero-order chi connectivity index (χ0) is 13.5. The molecule has 0 radical (unpaired) electrons. The first-order valence-electron chi connectivity index (χ1n) is 4.88. The van der Waals surface area contributed by atoms with E-state index in [1.807, 2.05) is 12.2 Å². The molecule has 1 rings (SSSR count). The summed E-state index contributed by atoms with van der Waals surface area (Å²) in [6.07, 6.45) is 3.04. The number of carbonyl (C=O) groups is 3. The van der Waals surface area contributed by atoms with Crippen LogP contribution in [0.5, 0.6) is 0 Å². The number of hydrogen-bond acceptors (Lipinski definition) is 5. The van der Waals surface area contributed by atoms with Crippen LogP contribution in [0, 0.1) is 6.92 Å². The maximum atomic E-state index is 11.2. The number of carboxylic acids is 1. The number of aliphatic carboxylic acids is 1. The van der Waals surface area contributed by atoms with Crippen molar-refractivity contribution in [2.45, 2.75) is 13.5 Å². The average Bonchev–Trinajstić information content (AvgIpc) is 2.70. The fourth-order valence-corrected chi connectivity index (χ4v) is 1.73. The molecule has 96 valence electrons. The molecule has 0 unspecified atom stereocenters. The molecule has 8 heteroatoms. The maximum Gasteiger partial charge on any atom is 0.328 e. The van der Waals surface area contributed by atoms with Gasteiger partial charge in [-0.15, -0.1) is 11.3 Å². The molecule has 0 saturated carbocycles. The van der Waals surface area contributed by atoms with Crippen LogP contribution in [-0.2, 0) is 16.1 Å². The molecule has 0 fully saturated rings. The maximum absolute atomic E-state index is 11.2. The summed E-state index contributed by atoms with van der Waals surface area (Å²) in [7, 11) is 0. The van der Waals surface area contributed by atoms with E-state index in [1.165, 1.54) is 11.3 Å². The van der Waals surface area contributed by atoms with Gasteiger partial charge in [-0.05, 0) is 6.92 Å². The number of hydrogen-bond donors (Lipinski definition) is 3. The smallest absolute Gasteiger partial charge is 0.328 e. The summed E-state index contributed by atoms with van der Waals surface area (Å²) in [5, 5.41) is 13.6. The van der Waals surface area contributed by atoms with Gasteiger partial charge in [0.05, 0.1) is 11.6 Å². The van der Waals surface area contributed by atoms with Gasteiger partial charge in [-0.25, -0.2) is 14.6 Å². The van der Waals surface area contributed by atoms with Gasteiger partial charge >= 0.3 is 12.0 Å². The molecule has 1 aromatic heterocycles. The summed E-state index contributed by atoms with van der Waals surface area (Å²) < 4.78 is 0. The van der Waals surface area contributed by atoms with Crippen molar-refractivity contribution >= 4 is 29.2 Å². The van der Waals surface area contributed by atoms with Gasteiger partial charge in [0, 0.05) is 23.2 Å². The van der Waals surface area contributed by atoms with E-state index in [2.05, 4.69) is 10.3 Å². The van der Waals surface area contributed by atoms with Gasteiger partial charge in [0.15, 0.2) is 0 Å². The Morgan fingerprint density at radius 2 is 2.17 bits per heavy atom. The highest BCUT2D eigenvalue weighted by atomic mass is 32.1. The number of amides is 3. The zero-order valence-corrected chi connectivity index (χ0v) is 10.3. The molecule has 0 saturated heterocycles. The highest BCUT2D eigenvalue weighted by molar-refractivity contribution is 7.11. The van der Waals surface area contributed by atoms with Gasteiger partial charge in [-0.2, -0.15) is 0 Å². The number of aryl methyl sites for hydroxylation is 1. The normalized spacial score (nSPS) is 10.3. The molecule has 0 aliphatic rings. The quantitative estimate of drug-likeness (QED) is 0.686. The molecule has 0 aliphatic heterocycles. The minimum atomic E-state index is -1.26. The van der Waals surface area contributed by atoms with E-state index < -0.39 is 17.9 Å². The first-order chi connectivity index (χ1) is 8.47. The molecule has 0 aromatic carbocycles. The first kappa shape index (κ1) is 13.8. The molecule has 0 aliphatic carbocycles. The lowest BCUT2D eigenvalue weighted by atomic mass is 10.4. The number of thiazole rings is 1. The van der Waals surface area contributed by atoms with Crippen LogP contribution in [0.2, 0.25) is 0 Å². The van der Waals surface area contributed by atoms with Crippen molar-refractivity contribution in [3.8, 4) is 0 Å². The van der Waals surface area contributed by atoms with Gasteiger partial charge in [0.25, 0.3) is 5.91 Å². The molecular formula is C10H11N3O4S.